The molecular formula is C9H12N4O3. The van der Waals surface area contributed by atoms with E-state index >= 15 is 0 Å². The first kappa shape index (κ1) is 11.8. The van der Waals surface area contributed by atoms with Crippen LogP contribution >= 0.6 is 0 Å². The highest BCUT2D eigenvalue weighted by Crippen LogP contribution is 2.15. The molecule has 1 aromatic heterocycles. The number of hydrogen-bond acceptors (Lipinski definition) is 5. The molecule has 0 atom stereocenters. The minimum atomic E-state index is -0.438. The molecule has 0 bridgehead atoms. The summed E-state index contributed by atoms with van der Waals surface area (Å²) in [6.45, 7) is -0.0307. The maximum absolute atomic E-state index is 11.8. The number of carbonyl (C=O) groups is 1. The Morgan fingerprint density at radius 3 is 2.94 bits per heavy atom. The molecule has 1 aromatic rings. The molecule has 7 heteroatoms. The average molecular weight is 224 g/mol. The molecular weight excluding hydrogens is 212 g/mol. The molecule has 1 rings (SSSR count). The summed E-state index contributed by atoms with van der Waals surface area (Å²) in [5.74, 6) is -0.741. The molecule has 4 N–H and O–H groups in total. The lowest BCUT2D eigenvalue weighted by Crippen LogP contribution is -2.35. The van der Waals surface area contributed by atoms with Gasteiger partial charge in [0.15, 0.2) is 5.84 Å². The molecule has 1 heterocycles. The molecule has 0 saturated carbocycles. The molecule has 16 heavy (non-hydrogen) atoms. The minimum absolute atomic E-state index is 0.0307. The zero-order valence-electron chi connectivity index (χ0n) is 8.66. The van der Waals surface area contributed by atoms with Crippen molar-refractivity contribution in [3.8, 4) is 5.75 Å². The lowest BCUT2D eigenvalue weighted by atomic mass is 10.2. The second-order valence-electron chi connectivity index (χ2n) is 3.15. The van der Waals surface area contributed by atoms with Crippen LogP contribution in [-0.4, -0.2) is 45.5 Å². The quantitative estimate of drug-likeness (QED) is 0.280. The third-order valence-electron chi connectivity index (χ3n) is 1.90. The van der Waals surface area contributed by atoms with Crippen LogP contribution in [-0.2, 0) is 0 Å². The molecule has 0 fully saturated rings. The van der Waals surface area contributed by atoms with Gasteiger partial charge in [0.2, 0.25) is 0 Å². The Morgan fingerprint density at radius 2 is 2.38 bits per heavy atom. The van der Waals surface area contributed by atoms with Gasteiger partial charge in [-0.05, 0) is 6.07 Å². The van der Waals surface area contributed by atoms with Crippen molar-refractivity contribution in [2.24, 2.45) is 10.9 Å². The first-order valence-corrected chi connectivity index (χ1v) is 4.41. The second kappa shape index (κ2) is 4.96. The SMILES string of the molecule is CN(C/C(N)=N/O)C(=O)c1ccncc1O. The molecule has 0 aromatic carbocycles. The van der Waals surface area contributed by atoms with Gasteiger partial charge in [-0.1, -0.05) is 5.16 Å². The van der Waals surface area contributed by atoms with Crippen molar-refractivity contribution in [3.05, 3.63) is 24.0 Å². The van der Waals surface area contributed by atoms with E-state index in [1.165, 1.54) is 30.4 Å². The number of likely N-dealkylation sites (N-methyl/N-ethyl adjacent to an activating group) is 1. The van der Waals surface area contributed by atoms with E-state index in [-0.39, 0.29) is 23.7 Å². The predicted octanol–water partition coefficient (Wildman–Crippen LogP) is -0.394. The van der Waals surface area contributed by atoms with E-state index in [9.17, 15) is 9.90 Å². The maximum atomic E-state index is 11.8. The van der Waals surface area contributed by atoms with Crippen molar-refractivity contribution in [2.75, 3.05) is 13.6 Å². The Morgan fingerprint density at radius 1 is 1.69 bits per heavy atom. The van der Waals surface area contributed by atoms with E-state index in [1.807, 2.05) is 0 Å². The van der Waals surface area contributed by atoms with E-state index in [1.54, 1.807) is 0 Å². The number of oxime groups is 1. The molecule has 86 valence electrons. The van der Waals surface area contributed by atoms with Gasteiger partial charge in [0.25, 0.3) is 5.91 Å². The van der Waals surface area contributed by atoms with Crippen LogP contribution in [0.5, 0.6) is 5.75 Å². The average Bonchev–Trinajstić information content (AvgIpc) is 2.28. The highest BCUT2D eigenvalue weighted by atomic mass is 16.4. The van der Waals surface area contributed by atoms with E-state index < -0.39 is 5.91 Å². The van der Waals surface area contributed by atoms with E-state index in [0.29, 0.717) is 0 Å². The number of pyridine rings is 1. The summed E-state index contributed by atoms with van der Waals surface area (Å²) >= 11 is 0. The highest BCUT2D eigenvalue weighted by molar-refractivity contribution is 5.98. The van der Waals surface area contributed by atoms with Crippen molar-refractivity contribution in [1.82, 2.24) is 9.88 Å². The predicted molar refractivity (Wildman–Crippen MR) is 56.3 cm³/mol. The van der Waals surface area contributed by atoms with Gasteiger partial charge >= 0.3 is 0 Å². The molecule has 0 unspecified atom stereocenters. The lowest BCUT2D eigenvalue weighted by molar-refractivity contribution is 0.0810. The number of hydrogen-bond donors (Lipinski definition) is 3. The number of nitrogens with zero attached hydrogens (tertiary/aromatic N) is 3. The normalized spacial score (nSPS) is 11.2. The largest absolute Gasteiger partial charge is 0.505 e. The number of carbonyl (C=O) groups excluding carboxylic acids is 1. The molecule has 0 spiro atoms. The first-order chi connectivity index (χ1) is 7.56. The fraction of sp³-hybridized carbons (Fsp3) is 0.222. The summed E-state index contributed by atoms with van der Waals surface area (Å²) in [7, 11) is 1.47. The lowest BCUT2D eigenvalue weighted by Gasteiger charge is -2.16. The zero-order valence-corrected chi connectivity index (χ0v) is 8.66. The third-order valence-corrected chi connectivity index (χ3v) is 1.90. The van der Waals surface area contributed by atoms with Crippen LogP contribution < -0.4 is 5.73 Å². The first-order valence-electron chi connectivity index (χ1n) is 4.41. The fourth-order valence-corrected chi connectivity index (χ4v) is 1.12. The Balaban J connectivity index is 2.83. The van der Waals surface area contributed by atoms with Gasteiger partial charge in [0.05, 0.1) is 18.3 Å². The summed E-state index contributed by atoms with van der Waals surface area (Å²) in [5, 5.41) is 20.5. The van der Waals surface area contributed by atoms with E-state index in [4.69, 9.17) is 10.9 Å². The van der Waals surface area contributed by atoms with Crippen molar-refractivity contribution >= 4 is 11.7 Å². The van der Waals surface area contributed by atoms with Crippen LogP contribution in [0.3, 0.4) is 0 Å². The number of aromatic nitrogens is 1. The summed E-state index contributed by atoms with van der Waals surface area (Å²) < 4.78 is 0. The second-order valence-corrected chi connectivity index (χ2v) is 3.15. The topological polar surface area (TPSA) is 112 Å². The Labute approximate surface area is 91.8 Å². The van der Waals surface area contributed by atoms with Crippen molar-refractivity contribution < 1.29 is 15.1 Å². The molecule has 7 nitrogen and oxygen atoms in total. The van der Waals surface area contributed by atoms with Crippen LogP contribution in [0.25, 0.3) is 0 Å². The van der Waals surface area contributed by atoms with Gasteiger partial charge in [0.1, 0.15) is 5.75 Å². The Kier molecular flexibility index (Phi) is 3.65. The van der Waals surface area contributed by atoms with Crippen molar-refractivity contribution in [3.63, 3.8) is 0 Å². The monoisotopic (exact) mass is 224 g/mol. The number of nitrogens with two attached hydrogens (primary N) is 1. The number of rotatable bonds is 3. The van der Waals surface area contributed by atoms with Crippen LogP contribution in [0.2, 0.25) is 0 Å². The molecule has 0 aliphatic carbocycles. The summed E-state index contributed by atoms with van der Waals surface area (Å²) in [4.78, 5) is 16.6. The smallest absolute Gasteiger partial charge is 0.257 e. The zero-order chi connectivity index (χ0) is 12.1. The van der Waals surface area contributed by atoms with Crippen molar-refractivity contribution in [2.45, 2.75) is 0 Å². The molecule has 0 aliphatic rings. The maximum Gasteiger partial charge on any atom is 0.257 e. The summed E-state index contributed by atoms with van der Waals surface area (Å²) in [6, 6.07) is 1.39. The van der Waals surface area contributed by atoms with Gasteiger partial charge in [-0.3, -0.25) is 9.78 Å². The number of aromatic hydroxyl groups is 1. The van der Waals surface area contributed by atoms with E-state index in [2.05, 4.69) is 10.1 Å². The van der Waals surface area contributed by atoms with Gasteiger partial charge in [0, 0.05) is 13.2 Å². The van der Waals surface area contributed by atoms with Crippen LogP contribution in [0.4, 0.5) is 0 Å². The minimum Gasteiger partial charge on any atom is -0.505 e. The number of amides is 1. The van der Waals surface area contributed by atoms with Gasteiger partial charge in [-0.25, -0.2) is 0 Å². The van der Waals surface area contributed by atoms with Crippen LogP contribution in [0, 0.1) is 0 Å². The van der Waals surface area contributed by atoms with Gasteiger partial charge < -0.3 is 20.9 Å². The van der Waals surface area contributed by atoms with E-state index in [0.717, 1.165) is 0 Å². The molecule has 0 radical (unpaired) electrons. The molecule has 0 aliphatic heterocycles. The Bertz CT molecular complexity index is 419. The summed E-state index contributed by atoms with van der Waals surface area (Å²) in [5.41, 5.74) is 5.37. The van der Waals surface area contributed by atoms with Crippen LogP contribution in [0.1, 0.15) is 10.4 Å². The standard InChI is InChI=1S/C9H12N4O3/c1-13(5-8(10)12-16)9(15)6-2-3-11-4-7(6)14/h2-4,14,16H,5H2,1H3,(H2,10,12). The summed E-state index contributed by atoms with van der Waals surface area (Å²) in [6.07, 6.45) is 2.56. The van der Waals surface area contributed by atoms with Gasteiger partial charge in [-0.15, -0.1) is 0 Å². The van der Waals surface area contributed by atoms with Crippen molar-refractivity contribution in [1.29, 1.82) is 0 Å². The Hall–Kier alpha value is -2.31. The highest BCUT2D eigenvalue weighted by Gasteiger charge is 2.16. The molecule has 1 amide bonds. The third kappa shape index (κ3) is 2.59. The van der Waals surface area contributed by atoms with Crippen LogP contribution in [0.15, 0.2) is 23.6 Å². The fourth-order valence-electron chi connectivity index (χ4n) is 1.12. The van der Waals surface area contributed by atoms with Gasteiger partial charge in [-0.2, -0.15) is 0 Å². The number of amidine groups is 1. The molecule has 0 saturated heterocycles.